The lowest BCUT2D eigenvalue weighted by Crippen LogP contribution is -2.16. The summed E-state index contributed by atoms with van der Waals surface area (Å²) >= 11 is 0. The molecule has 0 aromatic rings. The highest BCUT2D eigenvalue weighted by molar-refractivity contribution is 4.63. The van der Waals surface area contributed by atoms with Gasteiger partial charge in [0, 0.05) is 0 Å². The Hall–Kier alpha value is -0.120. The van der Waals surface area contributed by atoms with Gasteiger partial charge in [0.05, 0.1) is 13.2 Å². The summed E-state index contributed by atoms with van der Waals surface area (Å²) in [5, 5.41) is 8.91. The molecule has 1 saturated heterocycles. The van der Waals surface area contributed by atoms with Gasteiger partial charge < -0.3 is 14.6 Å². The average Bonchev–Trinajstić information content (AvgIpc) is 2.85. The van der Waals surface area contributed by atoms with Gasteiger partial charge in [-0.1, -0.05) is 58.3 Å². The summed E-state index contributed by atoms with van der Waals surface area (Å²) in [6.07, 6.45) is 12.9. The van der Waals surface area contributed by atoms with E-state index in [-0.39, 0.29) is 19.0 Å². The van der Waals surface area contributed by atoms with E-state index in [0.717, 1.165) is 6.42 Å². The lowest BCUT2D eigenvalue weighted by atomic mass is 10.1. The molecule has 1 aliphatic rings. The van der Waals surface area contributed by atoms with Crippen LogP contribution in [0.3, 0.4) is 0 Å². The van der Waals surface area contributed by atoms with Crippen LogP contribution in [0.25, 0.3) is 0 Å². The summed E-state index contributed by atoms with van der Waals surface area (Å²) in [5.41, 5.74) is 0. The van der Waals surface area contributed by atoms with Crippen molar-refractivity contribution in [1.29, 1.82) is 0 Å². The number of aliphatic hydroxyl groups is 1. The summed E-state index contributed by atoms with van der Waals surface area (Å²) in [5.74, 6) is 0. The minimum absolute atomic E-state index is 0.0632. The quantitative estimate of drug-likeness (QED) is 0.575. The zero-order chi connectivity index (χ0) is 13.1. The van der Waals surface area contributed by atoms with Crippen molar-refractivity contribution in [2.75, 3.05) is 13.2 Å². The summed E-state index contributed by atoms with van der Waals surface area (Å²) < 4.78 is 11.0. The standard InChI is InChI=1S/C15H30O3/c1-2-3-4-5-6-7-8-9-10-11-15-17-13-14(12-16)18-15/h14-16H,2-13H2,1H3/t14-,15-/m1/s1. The lowest BCUT2D eigenvalue weighted by molar-refractivity contribution is -0.0701. The Labute approximate surface area is 112 Å². The first kappa shape index (κ1) is 15.9. The van der Waals surface area contributed by atoms with Gasteiger partial charge in [-0.15, -0.1) is 0 Å². The molecule has 3 nitrogen and oxygen atoms in total. The highest BCUT2D eigenvalue weighted by atomic mass is 16.7. The molecule has 1 fully saturated rings. The molecule has 1 aliphatic heterocycles. The van der Waals surface area contributed by atoms with E-state index in [2.05, 4.69) is 6.92 Å². The van der Waals surface area contributed by atoms with Gasteiger partial charge in [-0.3, -0.25) is 0 Å². The van der Waals surface area contributed by atoms with Crippen molar-refractivity contribution < 1.29 is 14.6 Å². The van der Waals surface area contributed by atoms with Crippen LogP contribution < -0.4 is 0 Å². The number of rotatable bonds is 11. The van der Waals surface area contributed by atoms with Crippen molar-refractivity contribution in [3.05, 3.63) is 0 Å². The largest absolute Gasteiger partial charge is 0.394 e. The molecule has 0 amide bonds. The molecule has 0 saturated carbocycles. The molecule has 0 bridgehead atoms. The molecule has 18 heavy (non-hydrogen) atoms. The Morgan fingerprint density at radius 2 is 1.56 bits per heavy atom. The molecule has 0 aliphatic carbocycles. The van der Waals surface area contributed by atoms with Crippen LogP contribution >= 0.6 is 0 Å². The second-order valence-corrected chi connectivity index (χ2v) is 5.32. The lowest BCUT2D eigenvalue weighted by Gasteiger charge is -2.09. The van der Waals surface area contributed by atoms with Crippen molar-refractivity contribution in [1.82, 2.24) is 0 Å². The fraction of sp³-hybridized carbons (Fsp3) is 1.00. The van der Waals surface area contributed by atoms with E-state index in [1.807, 2.05) is 0 Å². The van der Waals surface area contributed by atoms with Crippen LogP contribution in [0.1, 0.15) is 71.1 Å². The molecule has 1 rings (SSSR count). The Morgan fingerprint density at radius 1 is 0.944 bits per heavy atom. The summed E-state index contributed by atoms with van der Waals surface area (Å²) in [6, 6.07) is 0. The SMILES string of the molecule is CCCCCCCCCCC[C@@H]1OC[C@@H](CO)O1. The highest BCUT2D eigenvalue weighted by Crippen LogP contribution is 2.18. The Bertz CT molecular complexity index is 185. The average molecular weight is 258 g/mol. The topological polar surface area (TPSA) is 38.7 Å². The van der Waals surface area contributed by atoms with Crippen LogP contribution in [0.4, 0.5) is 0 Å². The van der Waals surface area contributed by atoms with Crippen LogP contribution in [-0.2, 0) is 9.47 Å². The van der Waals surface area contributed by atoms with Crippen LogP contribution in [0.2, 0.25) is 0 Å². The van der Waals surface area contributed by atoms with Gasteiger partial charge in [0.1, 0.15) is 6.10 Å². The van der Waals surface area contributed by atoms with Gasteiger partial charge in [-0.05, 0) is 12.8 Å². The smallest absolute Gasteiger partial charge is 0.158 e. The molecule has 0 spiro atoms. The van der Waals surface area contributed by atoms with Crippen molar-refractivity contribution in [2.24, 2.45) is 0 Å². The number of ether oxygens (including phenoxy) is 2. The molecular formula is C15H30O3. The minimum atomic E-state index is -0.0893. The Kier molecular flexibility index (Phi) is 9.54. The molecule has 2 atom stereocenters. The van der Waals surface area contributed by atoms with Crippen LogP contribution in [-0.4, -0.2) is 30.7 Å². The van der Waals surface area contributed by atoms with E-state index in [9.17, 15) is 0 Å². The van der Waals surface area contributed by atoms with Crippen molar-refractivity contribution in [3.63, 3.8) is 0 Å². The third-order valence-corrected chi connectivity index (χ3v) is 3.56. The molecule has 0 radical (unpaired) electrons. The van der Waals surface area contributed by atoms with Gasteiger partial charge in [0.25, 0.3) is 0 Å². The molecule has 0 aromatic heterocycles. The fourth-order valence-electron chi connectivity index (χ4n) is 2.38. The maximum absolute atomic E-state index is 8.91. The molecule has 3 heteroatoms. The van der Waals surface area contributed by atoms with Gasteiger partial charge >= 0.3 is 0 Å². The highest BCUT2D eigenvalue weighted by Gasteiger charge is 2.24. The van der Waals surface area contributed by atoms with Crippen LogP contribution in [0, 0.1) is 0 Å². The Morgan fingerprint density at radius 3 is 2.11 bits per heavy atom. The molecule has 1 heterocycles. The monoisotopic (exact) mass is 258 g/mol. The van der Waals surface area contributed by atoms with Gasteiger partial charge in [-0.25, -0.2) is 0 Å². The maximum atomic E-state index is 8.91. The van der Waals surface area contributed by atoms with Gasteiger partial charge in [0.2, 0.25) is 0 Å². The molecule has 108 valence electrons. The van der Waals surface area contributed by atoms with E-state index in [1.54, 1.807) is 0 Å². The van der Waals surface area contributed by atoms with E-state index in [0.29, 0.717) is 6.61 Å². The normalized spacial score (nSPS) is 23.7. The van der Waals surface area contributed by atoms with E-state index in [4.69, 9.17) is 14.6 Å². The maximum Gasteiger partial charge on any atom is 0.158 e. The zero-order valence-electron chi connectivity index (χ0n) is 11.9. The van der Waals surface area contributed by atoms with Crippen molar-refractivity contribution in [3.8, 4) is 0 Å². The summed E-state index contributed by atoms with van der Waals surface area (Å²) in [6.45, 7) is 2.89. The first-order chi connectivity index (χ1) is 8.86. The van der Waals surface area contributed by atoms with E-state index >= 15 is 0 Å². The van der Waals surface area contributed by atoms with Crippen LogP contribution in [0.5, 0.6) is 0 Å². The Balaban J connectivity index is 1.79. The number of aliphatic hydroxyl groups excluding tert-OH is 1. The minimum Gasteiger partial charge on any atom is -0.394 e. The second kappa shape index (κ2) is 10.8. The van der Waals surface area contributed by atoms with E-state index < -0.39 is 0 Å². The van der Waals surface area contributed by atoms with Crippen molar-refractivity contribution in [2.45, 2.75) is 83.5 Å². The predicted molar refractivity (Wildman–Crippen MR) is 73.5 cm³/mol. The number of hydrogen-bond donors (Lipinski definition) is 1. The second-order valence-electron chi connectivity index (χ2n) is 5.32. The van der Waals surface area contributed by atoms with Gasteiger partial charge in [-0.2, -0.15) is 0 Å². The molecular weight excluding hydrogens is 228 g/mol. The summed E-state index contributed by atoms with van der Waals surface area (Å²) in [4.78, 5) is 0. The van der Waals surface area contributed by atoms with Crippen LogP contribution in [0.15, 0.2) is 0 Å². The van der Waals surface area contributed by atoms with Crippen molar-refractivity contribution >= 4 is 0 Å². The summed E-state index contributed by atoms with van der Waals surface area (Å²) in [7, 11) is 0. The first-order valence-electron chi connectivity index (χ1n) is 7.74. The number of hydrogen-bond acceptors (Lipinski definition) is 3. The van der Waals surface area contributed by atoms with Gasteiger partial charge in [0.15, 0.2) is 6.29 Å². The van der Waals surface area contributed by atoms with E-state index in [1.165, 1.54) is 57.8 Å². The predicted octanol–water partition coefficient (Wildman–Crippen LogP) is 3.64. The molecule has 0 unspecified atom stereocenters. The zero-order valence-corrected chi connectivity index (χ0v) is 11.9. The third-order valence-electron chi connectivity index (χ3n) is 3.56. The molecule has 0 aromatic carbocycles. The molecule has 1 N–H and O–H groups in total. The number of unbranched alkanes of at least 4 members (excludes halogenated alkanes) is 8. The fourth-order valence-corrected chi connectivity index (χ4v) is 2.38. The first-order valence-corrected chi connectivity index (χ1v) is 7.74. The third kappa shape index (κ3) is 7.34.